The Morgan fingerprint density at radius 2 is 2.00 bits per heavy atom. The molecule has 0 spiro atoms. The Morgan fingerprint density at radius 3 is 2.79 bits per heavy atom. The molecular formula is C18H15ClN4O3S2. The first kappa shape index (κ1) is 18.9. The number of halogens is 1. The van der Waals surface area contributed by atoms with Gasteiger partial charge in [0.2, 0.25) is 0 Å². The van der Waals surface area contributed by atoms with Gasteiger partial charge in [0, 0.05) is 15.9 Å². The maximum Gasteiger partial charge on any atom is 0.285 e. The van der Waals surface area contributed by atoms with Crippen LogP contribution in [0.25, 0.3) is 15.7 Å². The zero-order chi connectivity index (χ0) is 20.1. The van der Waals surface area contributed by atoms with Crippen molar-refractivity contribution < 1.29 is 13.2 Å². The van der Waals surface area contributed by atoms with Crippen LogP contribution in [0.15, 0.2) is 46.8 Å². The van der Waals surface area contributed by atoms with E-state index in [0.29, 0.717) is 21.9 Å². The van der Waals surface area contributed by atoms with Gasteiger partial charge in [-0.25, -0.2) is 13.4 Å². The van der Waals surface area contributed by atoms with E-state index in [0.717, 1.165) is 21.4 Å². The number of carbonyl (C=O) groups excluding carboxylic acids is 1. The number of hydrogen-bond acceptors (Lipinski definition) is 5. The molecule has 1 aromatic carbocycles. The number of hydrazine groups is 1. The first-order valence-electron chi connectivity index (χ1n) is 8.22. The van der Waals surface area contributed by atoms with E-state index in [1.165, 1.54) is 0 Å². The summed E-state index contributed by atoms with van der Waals surface area (Å²) in [5.74, 6) is -0.596. The van der Waals surface area contributed by atoms with Crippen molar-refractivity contribution in [2.24, 2.45) is 0 Å². The van der Waals surface area contributed by atoms with E-state index >= 15 is 0 Å². The van der Waals surface area contributed by atoms with Gasteiger partial charge >= 0.3 is 0 Å². The normalized spacial score (nSPS) is 12.0. The summed E-state index contributed by atoms with van der Waals surface area (Å²) >= 11 is 7.13. The number of hydrogen-bond donors (Lipinski definition) is 2. The first-order chi connectivity index (χ1) is 13.3. The van der Waals surface area contributed by atoms with Crippen molar-refractivity contribution in [3.63, 3.8) is 0 Å². The Kier molecular flexibility index (Phi) is 4.62. The summed E-state index contributed by atoms with van der Waals surface area (Å²) in [6, 6.07) is 10.5. The van der Waals surface area contributed by atoms with Crippen LogP contribution in [0, 0.1) is 13.8 Å². The summed E-state index contributed by atoms with van der Waals surface area (Å²) in [6.45, 7) is 3.40. The molecule has 3 heterocycles. The Labute approximate surface area is 170 Å². The van der Waals surface area contributed by atoms with E-state index in [1.807, 2.05) is 6.07 Å². The molecule has 3 aromatic heterocycles. The molecule has 0 aliphatic heterocycles. The van der Waals surface area contributed by atoms with Crippen LogP contribution in [0.4, 0.5) is 0 Å². The minimum Gasteiger partial charge on any atom is -0.295 e. The van der Waals surface area contributed by atoms with Gasteiger partial charge in [-0.15, -0.1) is 16.2 Å². The predicted octanol–water partition coefficient (Wildman–Crippen LogP) is 3.44. The van der Waals surface area contributed by atoms with E-state index in [1.54, 1.807) is 54.8 Å². The quantitative estimate of drug-likeness (QED) is 0.481. The van der Waals surface area contributed by atoms with Crippen LogP contribution in [-0.2, 0) is 10.0 Å². The molecule has 1 amide bonds. The Hall–Kier alpha value is -2.46. The number of thiophene rings is 1. The molecule has 0 saturated carbocycles. The lowest BCUT2D eigenvalue weighted by Gasteiger charge is -2.08. The molecule has 10 heteroatoms. The fourth-order valence-electron chi connectivity index (χ4n) is 3.03. The molecule has 7 nitrogen and oxygen atoms in total. The van der Waals surface area contributed by atoms with Crippen LogP contribution < -0.4 is 10.3 Å². The standard InChI is InChI=1S/C18H15ClN4O3S2/c1-10-13-9-12(19)6-7-14(13)27-18(10)28(25,26)22-21-17(24)16-11(2)20-15-5-3-4-8-23(15)16/h3-9,22H,1-2H3,(H,21,24). The summed E-state index contributed by atoms with van der Waals surface area (Å²) < 4.78 is 28.0. The Bertz CT molecular complexity index is 1340. The van der Waals surface area contributed by atoms with Crippen LogP contribution >= 0.6 is 22.9 Å². The molecule has 0 radical (unpaired) electrons. The lowest BCUT2D eigenvalue weighted by molar-refractivity contribution is 0.0938. The number of fused-ring (bicyclic) bond motifs is 2. The fourth-order valence-corrected chi connectivity index (χ4v) is 5.79. The minimum atomic E-state index is -3.95. The second-order valence-electron chi connectivity index (χ2n) is 6.19. The Morgan fingerprint density at radius 1 is 1.21 bits per heavy atom. The lowest BCUT2D eigenvalue weighted by atomic mass is 10.2. The fraction of sp³-hybridized carbons (Fsp3) is 0.111. The third-order valence-corrected chi connectivity index (χ3v) is 7.69. The lowest BCUT2D eigenvalue weighted by Crippen LogP contribution is -2.42. The summed E-state index contributed by atoms with van der Waals surface area (Å²) in [6.07, 6.45) is 1.69. The van der Waals surface area contributed by atoms with Gasteiger partial charge in [-0.3, -0.25) is 14.6 Å². The number of nitrogens with one attached hydrogen (secondary N) is 2. The van der Waals surface area contributed by atoms with Crippen molar-refractivity contribution in [2.45, 2.75) is 18.1 Å². The average Bonchev–Trinajstić information content (AvgIpc) is 3.17. The van der Waals surface area contributed by atoms with Crippen molar-refractivity contribution in [3.05, 3.63) is 64.6 Å². The number of amides is 1. The van der Waals surface area contributed by atoms with E-state index < -0.39 is 15.9 Å². The third kappa shape index (κ3) is 3.16. The number of sulfonamides is 1. The van der Waals surface area contributed by atoms with Gasteiger partial charge in [-0.05, 0) is 55.1 Å². The molecule has 0 aliphatic rings. The van der Waals surface area contributed by atoms with Crippen molar-refractivity contribution in [2.75, 3.05) is 0 Å². The molecule has 0 fully saturated rings. The van der Waals surface area contributed by atoms with Crippen LogP contribution in [0.1, 0.15) is 21.7 Å². The topological polar surface area (TPSA) is 92.6 Å². The monoisotopic (exact) mass is 434 g/mol. The number of benzene rings is 1. The maximum atomic E-state index is 12.8. The van der Waals surface area contributed by atoms with Gasteiger partial charge in [0.25, 0.3) is 15.9 Å². The van der Waals surface area contributed by atoms with E-state index in [-0.39, 0.29) is 9.90 Å². The molecule has 0 atom stereocenters. The molecule has 2 N–H and O–H groups in total. The van der Waals surface area contributed by atoms with Crippen LogP contribution in [-0.4, -0.2) is 23.7 Å². The first-order valence-corrected chi connectivity index (χ1v) is 10.9. The molecule has 0 bridgehead atoms. The molecule has 0 unspecified atom stereocenters. The van der Waals surface area contributed by atoms with Crippen molar-refractivity contribution in [1.29, 1.82) is 0 Å². The number of aryl methyl sites for hydroxylation is 2. The minimum absolute atomic E-state index is 0.125. The summed E-state index contributed by atoms with van der Waals surface area (Å²) in [7, 11) is -3.95. The zero-order valence-corrected chi connectivity index (χ0v) is 17.2. The van der Waals surface area contributed by atoms with Gasteiger partial charge in [0.05, 0.1) is 5.69 Å². The smallest absolute Gasteiger partial charge is 0.285 e. The van der Waals surface area contributed by atoms with E-state index in [9.17, 15) is 13.2 Å². The molecule has 28 heavy (non-hydrogen) atoms. The molecule has 0 saturated heterocycles. The van der Waals surface area contributed by atoms with Gasteiger partial charge in [0.1, 0.15) is 15.6 Å². The van der Waals surface area contributed by atoms with Crippen LogP contribution in [0.2, 0.25) is 5.02 Å². The number of nitrogens with zero attached hydrogens (tertiary/aromatic N) is 2. The van der Waals surface area contributed by atoms with Gasteiger partial charge < -0.3 is 0 Å². The number of pyridine rings is 1. The summed E-state index contributed by atoms with van der Waals surface area (Å²) in [5.41, 5.74) is 4.22. The van der Waals surface area contributed by atoms with Crippen LogP contribution in [0.3, 0.4) is 0 Å². The van der Waals surface area contributed by atoms with Crippen LogP contribution in [0.5, 0.6) is 0 Å². The number of carbonyl (C=O) groups is 1. The van der Waals surface area contributed by atoms with Crippen molar-refractivity contribution >= 4 is 54.6 Å². The van der Waals surface area contributed by atoms with Gasteiger partial charge in [-0.2, -0.15) is 0 Å². The molecule has 0 aliphatic carbocycles. The maximum absolute atomic E-state index is 12.8. The highest BCUT2D eigenvalue weighted by atomic mass is 35.5. The molecular weight excluding hydrogens is 420 g/mol. The van der Waals surface area contributed by atoms with Crippen molar-refractivity contribution in [3.8, 4) is 0 Å². The average molecular weight is 435 g/mol. The second kappa shape index (κ2) is 6.85. The third-order valence-electron chi connectivity index (χ3n) is 4.32. The number of aromatic nitrogens is 2. The largest absolute Gasteiger partial charge is 0.295 e. The molecule has 4 aromatic rings. The molecule has 4 rings (SSSR count). The Balaban J connectivity index is 1.63. The SMILES string of the molecule is Cc1nc2ccccn2c1C(=O)NNS(=O)(=O)c1sc2ccc(Cl)cc2c1C. The van der Waals surface area contributed by atoms with Gasteiger partial charge in [0.15, 0.2) is 0 Å². The van der Waals surface area contributed by atoms with Gasteiger partial charge in [-0.1, -0.05) is 17.7 Å². The zero-order valence-electron chi connectivity index (χ0n) is 14.9. The number of rotatable bonds is 4. The van der Waals surface area contributed by atoms with E-state index in [4.69, 9.17) is 11.6 Å². The summed E-state index contributed by atoms with van der Waals surface area (Å²) in [5, 5.41) is 1.29. The molecule has 144 valence electrons. The van der Waals surface area contributed by atoms with Crippen molar-refractivity contribution in [1.82, 2.24) is 19.6 Å². The highest BCUT2D eigenvalue weighted by molar-refractivity contribution is 7.91. The number of imidazole rings is 1. The second-order valence-corrected chi connectivity index (χ2v) is 9.56. The predicted molar refractivity (Wildman–Crippen MR) is 109 cm³/mol. The highest BCUT2D eigenvalue weighted by Gasteiger charge is 2.24. The highest BCUT2D eigenvalue weighted by Crippen LogP contribution is 2.35. The summed E-state index contributed by atoms with van der Waals surface area (Å²) in [4.78, 5) is 19.1. The van der Waals surface area contributed by atoms with E-state index in [2.05, 4.69) is 15.2 Å².